The second kappa shape index (κ2) is 8.50. The van der Waals surface area contributed by atoms with Gasteiger partial charge in [-0.05, 0) is 61.1 Å². The van der Waals surface area contributed by atoms with Gasteiger partial charge in [-0.1, -0.05) is 18.2 Å². The van der Waals surface area contributed by atoms with Gasteiger partial charge in [0.05, 0.1) is 12.6 Å². The summed E-state index contributed by atoms with van der Waals surface area (Å²) >= 11 is 1.77. The van der Waals surface area contributed by atoms with E-state index in [0.29, 0.717) is 18.7 Å². The number of amides is 1. The van der Waals surface area contributed by atoms with Crippen LogP contribution in [0, 0.1) is 0 Å². The zero-order valence-corrected chi connectivity index (χ0v) is 16.1. The van der Waals surface area contributed by atoms with Gasteiger partial charge in [0.25, 0.3) is 5.91 Å². The average Bonchev–Trinajstić information content (AvgIpc) is 3.46. The fourth-order valence-electron chi connectivity index (χ4n) is 3.58. The van der Waals surface area contributed by atoms with Crippen molar-refractivity contribution >= 4 is 17.2 Å². The van der Waals surface area contributed by atoms with Crippen molar-refractivity contribution in [1.29, 1.82) is 0 Å². The second-order valence-electron chi connectivity index (χ2n) is 6.88. The van der Waals surface area contributed by atoms with E-state index in [1.165, 1.54) is 17.7 Å². The van der Waals surface area contributed by atoms with Crippen molar-refractivity contribution < 1.29 is 4.79 Å². The van der Waals surface area contributed by atoms with Crippen LogP contribution in [0.25, 0.3) is 0 Å². The highest BCUT2D eigenvalue weighted by Gasteiger charge is 2.24. The minimum atomic E-state index is -0.0126. The Morgan fingerprint density at radius 1 is 1.15 bits per heavy atom. The van der Waals surface area contributed by atoms with E-state index in [0.717, 1.165) is 18.7 Å². The SMILES string of the molecule is O=C(NCC(c1cccs1)N1CCCC1)c1ccc(Cn2cccn2)cc1. The lowest BCUT2D eigenvalue weighted by molar-refractivity contribution is 0.0938. The molecule has 2 aromatic heterocycles. The second-order valence-corrected chi connectivity index (χ2v) is 7.86. The highest BCUT2D eigenvalue weighted by Crippen LogP contribution is 2.27. The maximum Gasteiger partial charge on any atom is 0.251 e. The average molecular weight is 381 g/mol. The van der Waals surface area contributed by atoms with E-state index in [2.05, 4.69) is 32.8 Å². The predicted molar refractivity (Wildman–Crippen MR) is 108 cm³/mol. The fraction of sp³-hybridized carbons (Fsp3) is 0.333. The van der Waals surface area contributed by atoms with Crippen LogP contribution >= 0.6 is 11.3 Å². The third-order valence-electron chi connectivity index (χ3n) is 5.03. The van der Waals surface area contributed by atoms with Crippen LogP contribution in [-0.2, 0) is 6.54 Å². The number of benzene rings is 1. The first-order valence-corrected chi connectivity index (χ1v) is 10.3. The van der Waals surface area contributed by atoms with E-state index in [4.69, 9.17) is 0 Å². The summed E-state index contributed by atoms with van der Waals surface area (Å²) in [4.78, 5) is 16.4. The molecular weight excluding hydrogens is 356 g/mol. The molecule has 4 rings (SSSR count). The Kier molecular flexibility index (Phi) is 5.65. The molecule has 1 aromatic carbocycles. The number of aromatic nitrogens is 2. The van der Waals surface area contributed by atoms with Crippen molar-refractivity contribution in [1.82, 2.24) is 20.0 Å². The molecule has 3 heterocycles. The van der Waals surface area contributed by atoms with Gasteiger partial charge in [-0.2, -0.15) is 5.10 Å². The summed E-state index contributed by atoms with van der Waals surface area (Å²) in [5.74, 6) is -0.0126. The van der Waals surface area contributed by atoms with Gasteiger partial charge < -0.3 is 5.32 Å². The molecule has 5 nitrogen and oxygen atoms in total. The summed E-state index contributed by atoms with van der Waals surface area (Å²) in [6.07, 6.45) is 6.19. The lowest BCUT2D eigenvalue weighted by Gasteiger charge is -2.27. The molecule has 1 aliphatic rings. The number of hydrogen-bond donors (Lipinski definition) is 1. The van der Waals surface area contributed by atoms with Crippen molar-refractivity contribution in [3.05, 3.63) is 76.2 Å². The predicted octanol–water partition coefficient (Wildman–Crippen LogP) is 3.56. The summed E-state index contributed by atoms with van der Waals surface area (Å²) in [5, 5.41) is 9.46. The Morgan fingerprint density at radius 2 is 1.96 bits per heavy atom. The molecule has 1 unspecified atom stereocenters. The topological polar surface area (TPSA) is 50.2 Å². The molecule has 140 valence electrons. The van der Waals surface area contributed by atoms with Crippen LogP contribution in [0.3, 0.4) is 0 Å². The molecule has 0 aliphatic carbocycles. The fourth-order valence-corrected chi connectivity index (χ4v) is 4.44. The normalized spacial score (nSPS) is 15.7. The molecule has 1 atom stereocenters. The summed E-state index contributed by atoms with van der Waals surface area (Å²) in [6, 6.07) is 14.2. The third-order valence-corrected chi connectivity index (χ3v) is 6.00. The highest BCUT2D eigenvalue weighted by molar-refractivity contribution is 7.10. The molecule has 0 bridgehead atoms. The number of carbonyl (C=O) groups excluding carboxylic acids is 1. The van der Waals surface area contributed by atoms with E-state index in [1.807, 2.05) is 41.2 Å². The molecular formula is C21H24N4OS. The smallest absolute Gasteiger partial charge is 0.251 e. The van der Waals surface area contributed by atoms with E-state index in [9.17, 15) is 4.79 Å². The minimum absolute atomic E-state index is 0.0126. The number of thiophene rings is 1. The summed E-state index contributed by atoms with van der Waals surface area (Å²) < 4.78 is 1.87. The molecule has 27 heavy (non-hydrogen) atoms. The molecule has 6 heteroatoms. The molecule has 1 N–H and O–H groups in total. The lowest BCUT2D eigenvalue weighted by Crippen LogP contribution is -2.36. The van der Waals surface area contributed by atoms with Crippen LogP contribution in [-0.4, -0.2) is 40.2 Å². The molecule has 1 fully saturated rings. The van der Waals surface area contributed by atoms with Gasteiger partial charge in [0, 0.05) is 29.4 Å². The zero-order valence-electron chi connectivity index (χ0n) is 15.3. The van der Waals surface area contributed by atoms with Gasteiger partial charge in [0.2, 0.25) is 0 Å². The molecule has 0 spiro atoms. The summed E-state index contributed by atoms with van der Waals surface area (Å²) in [7, 11) is 0. The molecule has 3 aromatic rings. The maximum atomic E-state index is 12.6. The third kappa shape index (κ3) is 4.46. The quantitative estimate of drug-likeness (QED) is 0.682. The number of carbonyl (C=O) groups is 1. The van der Waals surface area contributed by atoms with Gasteiger partial charge in [-0.15, -0.1) is 11.3 Å². The van der Waals surface area contributed by atoms with Crippen molar-refractivity contribution in [3.8, 4) is 0 Å². The first-order chi connectivity index (χ1) is 13.3. The van der Waals surface area contributed by atoms with Gasteiger partial charge in [-0.25, -0.2) is 0 Å². The van der Waals surface area contributed by atoms with E-state index >= 15 is 0 Å². The maximum absolute atomic E-state index is 12.6. The Morgan fingerprint density at radius 3 is 2.63 bits per heavy atom. The molecule has 1 saturated heterocycles. The largest absolute Gasteiger partial charge is 0.350 e. The molecule has 1 amide bonds. The van der Waals surface area contributed by atoms with E-state index < -0.39 is 0 Å². The van der Waals surface area contributed by atoms with Crippen molar-refractivity contribution in [2.75, 3.05) is 19.6 Å². The standard InChI is InChI=1S/C21H24N4OS/c26-21(18-8-6-17(7-9-18)16-25-13-4-10-23-25)22-15-19(20-5-3-14-27-20)24-11-1-2-12-24/h3-10,13-14,19H,1-2,11-12,15-16H2,(H,22,26). The first kappa shape index (κ1) is 17.9. The number of rotatable bonds is 7. The van der Waals surface area contributed by atoms with Crippen molar-refractivity contribution in [3.63, 3.8) is 0 Å². The highest BCUT2D eigenvalue weighted by atomic mass is 32.1. The number of nitrogens with zero attached hydrogens (tertiary/aromatic N) is 3. The molecule has 0 saturated carbocycles. The molecule has 1 aliphatic heterocycles. The Balaban J connectivity index is 1.37. The Labute approximate surface area is 163 Å². The monoisotopic (exact) mass is 380 g/mol. The van der Waals surface area contributed by atoms with Crippen molar-refractivity contribution in [2.45, 2.75) is 25.4 Å². The van der Waals surface area contributed by atoms with Crippen molar-refractivity contribution in [2.24, 2.45) is 0 Å². The summed E-state index contributed by atoms with van der Waals surface area (Å²) in [6.45, 7) is 3.58. The zero-order chi connectivity index (χ0) is 18.5. The van der Waals surface area contributed by atoms with Crippen LogP contribution in [0.15, 0.2) is 60.2 Å². The number of hydrogen-bond acceptors (Lipinski definition) is 4. The minimum Gasteiger partial charge on any atom is -0.350 e. The van der Waals surface area contributed by atoms with Gasteiger partial charge in [-0.3, -0.25) is 14.4 Å². The van der Waals surface area contributed by atoms with E-state index in [-0.39, 0.29) is 11.9 Å². The van der Waals surface area contributed by atoms with Crippen LogP contribution in [0.5, 0.6) is 0 Å². The molecule has 0 radical (unpaired) electrons. The number of likely N-dealkylation sites (tertiary alicyclic amines) is 1. The van der Waals surface area contributed by atoms with Crippen LogP contribution in [0.4, 0.5) is 0 Å². The van der Waals surface area contributed by atoms with Crippen LogP contribution in [0.2, 0.25) is 0 Å². The van der Waals surface area contributed by atoms with Gasteiger partial charge in [0.1, 0.15) is 0 Å². The van der Waals surface area contributed by atoms with E-state index in [1.54, 1.807) is 17.5 Å². The van der Waals surface area contributed by atoms with Crippen LogP contribution in [0.1, 0.15) is 39.7 Å². The van der Waals surface area contributed by atoms with Gasteiger partial charge >= 0.3 is 0 Å². The van der Waals surface area contributed by atoms with Gasteiger partial charge in [0.15, 0.2) is 0 Å². The Bertz CT molecular complexity index is 837. The summed E-state index contributed by atoms with van der Waals surface area (Å²) in [5.41, 5.74) is 1.83. The lowest BCUT2D eigenvalue weighted by atomic mass is 10.1. The van der Waals surface area contributed by atoms with Crippen LogP contribution < -0.4 is 5.32 Å². The number of nitrogens with one attached hydrogen (secondary N) is 1. The Hall–Kier alpha value is -2.44. The first-order valence-electron chi connectivity index (χ1n) is 9.41.